The van der Waals surface area contributed by atoms with E-state index in [0.29, 0.717) is 30.5 Å². The minimum atomic E-state index is -3.61. The van der Waals surface area contributed by atoms with Gasteiger partial charge in [-0.2, -0.15) is 9.29 Å². The number of carbonyl (C=O) groups is 1. The SMILES string of the molecule is Cn1cc(S(=O)(=O)N2CCCCC2)cc1C(=O)Nc1ccc(-c2noc(C(C)(C)C)n2)cc1. The molecule has 10 heteroatoms. The molecule has 33 heavy (non-hydrogen) atoms. The summed E-state index contributed by atoms with van der Waals surface area (Å²) in [7, 11) is -1.94. The van der Waals surface area contributed by atoms with Crippen LogP contribution >= 0.6 is 0 Å². The van der Waals surface area contributed by atoms with E-state index in [2.05, 4.69) is 15.5 Å². The third-order valence-electron chi connectivity index (χ3n) is 5.63. The van der Waals surface area contributed by atoms with Crippen molar-refractivity contribution < 1.29 is 17.7 Å². The minimum absolute atomic E-state index is 0.138. The second kappa shape index (κ2) is 8.75. The summed E-state index contributed by atoms with van der Waals surface area (Å²) < 4.78 is 34.2. The van der Waals surface area contributed by atoms with Crippen molar-refractivity contribution in [2.45, 2.75) is 50.3 Å². The van der Waals surface area contributed by atoms with Crippen LogP contribution in [0.4, 0.5) is 5.69 Å². The summed E-state index contributed by atoms with van der Waals surface area (Å²) in [6, 6.07) is 8.51. The highest BCUT2D eigenvalue weighted by Crippen LogP contribution is 2.26. The van der Waals surface area contributed by atoms with Crippen LogP contribution in [-0.4, -0.2) is 46.4 Å². The Bertz CT molecular complexity index is 1250. The van der Waals surface area contributed by atoms with Crippen LogP contribution in [0.15, 0.2) is 45.9 Å². The molecule has 0 radical (unpaired) electrons. The number of anilines is 1. The van der Waals surface area contributed by atoms with E-state index in [4.69, 9.17) is 4.52 Å². The topological polar surface area (TPSA) is 110 Å². The van der Waals surface area contributed by atoms with Gasteiger partial charge in [-0.05, 0) is 43.2 Å². The van der Waals surface area contributed by atoms with Gasteiger partial charge in [0.2, 0.25) is 21.7 Å². The number of hydrogen-bond acceptors (Lipinski definition) is 6. The van der Waals surface area contributed by atoms with Crippen LogP contribution in [0.25, 0.3) is 11.4 Å². The van der Waals surface area contributed by atoms with Gasteiger partial charge in [-0.3, -0.25) is 4.79 Å². The number of nitrogens with zero attached hydrogens (tertiary/aromatic N) is 4. The van der Waals surface area contributed by atoms with Gasteiger partial charge in [-0.15, -0.1) is 0 Å². The molecule has 176 valence electrons. The lowest BCUT2D eigenvalue weighted by atomic mass is 9.97. The number of rotatable bonds is 5. The van der Waals surface area contributed by atoms with Crippen molar-refractivity contribution in [3.05, 3.63) is 48.1 Å². The van der Waals surface area contributed by atoms with E-state index in [1.165, 1.54) is 21.1 Å². The third kappa shape index (κ3) is 4.86. The maximum absolute atomic E-state index is 12.9. The second-order valence-corrected chi connectivity index (χ2v) is 11.3. The molecular weight excluding hydrogens is 442 g/mol. The van der Waals surface area contributed by atoms with Crippen LogP contribution in [0.2, 0.25) is 0 Å². The molecule has 0 bridgehead atoms. The number of nitrogens with one attached hydrogen (secondary N) is 1. The van der Waals surface area contributed by atoms with Crippen LogP contribution in [-0.2, 0) is 22.5 Å². The lowest BCUT2D eigenvalue weighted by Gasteiger charge is -2.25. The Morgan fingerprint density at radius 3 is 2.36 bits per heavy atom. The van der Waals surface area contributed by atoms with E-state index < -0.39 is 10.0 Å². The number of aromatic nitrogens is 3. The van der Waals surface area contributed by atoms with Gasteiger partial charge in [0.1, 0.15) is 10.6 Å². The predicted molar refractivity (Wildman–Crippen MR) is 124 cm³/mol. The van der Waals surface area contributed by atoms with E-state index >= 15 is 0 Å². The number of benzene rings is 1. The van der Waals surface area contributed by atoms with Crippen LogP contribution < -0.4 is 5.32 Å². The van der Waals surface area contributed by atoms with Gasteiger partial charge in [0.15, 0.2) is 0 Å². The maximum atomic E-state index is 12.9. The minimum Gasteiger partial charge on any atom is -0.345 e. The lowest BCUT2D eigenvalue weighted by Crippen LogP contribution is -2.35. The van der Waals surface area contributed by atoms with Gasteiger partial charge in [0.05, 0.1) is 0 Å². The van der Waals surface area contributed by atoms with Gasteiger partial charge in [-0.1, -0.05) is 32.3 Å². The van der Waals surface area contributed by atoms with Crippen molar-refractivity contribution in [2.24, 2.45) is 7.05 Å². The first-order valence-corrected chi connectivity index (χ1v) is 12.4. The molecule has 0 saturated carbocycles. The number of piperidine rings is 1. The number of sulfonamides is 1. The normalized spacial score (nSPS) is 15.5. The molecule has 0 aliphatic carbocycles. The van der Waals surface area contributed by atoms with Crippen LogP contribution in [0, 0.1) is 0 Å². The highest BCUT2D eigenvalue weighted by molar-refractivity contribution is 7.89. The van der Waals surface area contributed by atoms with Gasteiger partial charge < -0.3 is 14.4 Å². The standard InChI is InChI=1S/C23H29N5O4S/c1-23(2,3)22-25-20(26-32-22)16-8-10-17(11-9-16)24-21(29)19-14-18(15-27(19)4)33(30,31)28-12-6-5-7-13-28/h8-11,14-15H,5-7,12-13H2,1-4H3,(H,24,29). The van der Waals surface area contributed by atoms with Gasteiger partial charge in [-0.25, -0.2) is 8.42 Å². The quantitative estimate of drug-likeness (QED) is 0.606. The number of amides is 1. The summed E-state index contributed by atoms with van der Waals surface area (Å²) in [5, 5.41) is 6.85. The summed E-state index contributed by atoms with van der Waals surface area (Å²) in [6.45, 7) is 7.02. The molecule has 0 unspecified atom stereocenters. The summed E-state index contributed by atoms with van der Waals surface area (Å²) in [5.74, 6) is 0.640. The molecule has 9 nitrogen and oxygen atoms in total. The molecule has 4 rings (SSSR count). The Labute approximate surface area is 193 Å². The molecule has 2 aromatic heterocycles. The Kier molecular flexibility index (Phi) is 6.15. The maximum Gasteiger partial charge on any atom is 0.272 e. The Hall–Kier alpha value is -2.98. The first-order chi connectivity index (χ1) is 15.6. The van der Waals surface area contributed by atoms with E-state index in [9.17, 15) is 13.2 Å². The molecule has 1 N–H and O–H groups in total. The molecule has 0 spiro atoms. The molecule has 1 aliphatic heterocycles. The second-order valence-electron chi connectivity index (χ2n) is 9.34. The monoisotopic (exact) mass is 471 g/mol. The lowest BCUT2D eigenvalue weighted by molar-refractivity contribution is 0.101. The molecule has 3 aromatic rings. The van der Waals surface area contributed by atoms with Gasteiger partial charge in [0.25, 0.3) is 5.91 Å². The summed E-state index contributed by atoms with van der Waals surface area (Å²) >= 11 is 0. The molecule has 1 amide bonds. The van der Waals surface area contributed by atoms with Crippen LogP contribution in [0.1, 0.15) is 56.4 Å². The fraction of sp³-hybridized carbons (Fsp3) is 0.435. The fourth-order valence-electron chi connectivity index (χ4n) is 3.70. The van der Waals surface area contributed by atoms with E-state index in [1.807, 2.05) is 20.8 Å². The smallest absolute Gasteiger partial charge is 0.272 e. The van der Waals surface area contributed by atoms with Crippen molar-refractivity contribution >= 4 is 21.6 Å². The zero-order valence-corrected chi connectivity index (χ0v) is 20.1. The number of hydrogen-bond donors (Lipinski definition) is 1. The predicted octanol–water partition coefficient (Wildman–Crippen LogP) is 3.80. The van der Waals surface area contributed by atoms with Crippen molar-refractivity contribution in [1.82, 2.24) is 19.0 Å². The summed E-state index contributed by atoms with van der Waals surface area (Å²) in [6.07, 6.45) is 4.25. The average molecular weight is 472 g/mol. The molecule has 1 aromatic carbocycles. The molecule has 3 heterocycles. The Morgan fingerprint density at radius 1 is 1.09 bits per heavy atom. The molecule has 1 fully saturated rings. The number of carbonyl (C=O) groups excluding carboxylic acids is 1. The number of aryl methyl sites for hydroxylation is 1. The Morgan fingerprint density at radius 2 is 1.76 bits per heavy atom. The Balaban J connectivity index is 1.48. The van der Waals surface area contributed by atoms with Crippen molar-refractivity contribution in [3.63, 3.8) is 0 Å². The first kappa shape index (κ1) is 23.2. The first-order valence-electron chi connectivity index (χ1n) is 11.0. The van der Waals surface area contributed by atoms with Crippen molar-refractivity contribution in [2.75, 3.05) is 18.4 Å². The highest BCUT2D eigenvalue weighted by atomic mass is 32.2. The zero-order valence-electron chi connectivity index (χ0n) is 19.3. The van der Waals surface area contributed by atoms with E-state index in [-0.39, 0.29) is 21.9 Å². The molecular formula is C23H29N5O4S. The summed E-state index contributed by atoms with van der Waals surface area (Å²) in [5.41, 5.74) is 1.36. The molecule has 1 saturated heterocycles. The van der Waals surface area contributed by atoms with Crippen LogP contribution in [0.3, 0.4) is 0 Å². The third-order valence-corrected chi connectivity index (χ3v) is 7.50. The molecule has 0 atom stereocenters. The van der Waals surface area contributed by atoms with E-state index in [0.717, 1.165) is 24.8 Å². The summed E-state index contributed by atoms with van der Waals surface area (Å²) in [4.78, 5) is 17.4. The van der Waals surface area contributed by atoms with Gasteiger partial charge >= 0.3 is 0 Å². The highest BCUT2D eigenvalue weighted by Gasteiger charge is 2.28. The fourth-order valence-corrected chi connectivity index (χ4v) is 5.29. The zero-order chi connectivity index (χ0) is 23.8. The average Bonchev–Trinajstić information content (AvgIpc) is 3.42. The largest absolute Gasteiger partial charge is 0.345 e. The van der Waals surface area contributed by atoms with Crippen molar-refractivity contribution in [1.29, 1.82) is 0 Å². The van der Waals surface area contributed by atoms with Gasteiger partial charge in [0, 0.05) is 43.0 Å². The molecule has 1 aliphatic rings. The van der Waals surface area contributed by atoms with Crippen LogP contribution in [0.5, 0.6) is 0 Å². The van der Waals surface area contributed by atoms with Crippen molar-refractivity contribution in [3.8, 4) is 11.4 Å². The van der Waals surface area contributed by atoms with E-state index in [1.54, 1.807) is 31.3 Å².